The van der Waals surface area contributed by atoms with E-state index >= 15 is 0 Å². The molecule has 0 aromatic carbocycles. The Hall–Kier alpha value is -2.22. The molecule has 158 valence electrons. The fraction of sp³-hybridized carbons (Fsp3) is 0.714. The minimum Gasteiger partial charge on any atom is -0.342 e. The molecule has 8 nitrogen and oxygen atoms in total. The Labute approximate surface area is 171 Å². The van der Waals surface area contributed by atoms with Crippen LogP contribution < -0.4 is 5.56 Å². The zero-order valence-electron chi connectivity index (χ0n) is 17.3. The summed E-state index contributed by atoms with van der Waals surface area (Å²) in [6.45, 7) is 5.13. The molecule has 3 aliphatic heterocycles. The first-order valence-electron chi connectivity index (χ1n) is 10.9. The lowest BCUT2D eigenvalue weighted by Gasteiger charge is -2.42. The molecule has 3 saturated heterocycles. The topological polar surface area (TPSA) is 78.8 Å². The van der Waals surface area contributed by atoms with Crippen LogP contribution in [0, 0.1) is 5.92 Å². The largest absolute Gasteiger partial charge is 0.342 e. The minimum atomic E-state index is -0.219. The second-order valence-corrected chi connectivity index (χ2v) is 8.57. The Morgan fingerprint density at radius 3 is 2.34 bits per heavy atom. The lowest BCUT2D eigenvalue weighted by molar-refractivity contribution is -0.136. The van der Waals surface area contributed by atoms with E-state index in [1.807, 2.05) is 4.90 Å². The van der Waals surface area contributed by atoms with Crippen LogP contribution in [0.1, 0.15) is 49.0 Å². The highest BCUT2D eigenvalue weighted by atomic mass is 16.2. The molecule has 3 aliphatic rings. The molecule has 3 fully saturated rings. The molecule has 4 rings (SSSR count). The molecule has 1 atom stereocenters. The molecule has 0 radical (unpaired) electrons. The molecular weight excluding hydrogens is 370 g/mol. The predicted octanol–water partition coefficient (Wildman–Crippen LogP) is 0.719. The standard InChI is InChI=1S/C21H31N5O3/c1-23-19(27)7-6-18(22-23)21(29)25-13-8-17(9-14-25)26-12-4-5-16(15-26)20(28)24-10-2-3-11-24/h6-7,16-17H,2-5,8-15H2,1H3/t16-/m1/s1. The Kier molecular flexibility index (Phi) is 5.99. The molecule has 0 spiro atoms. The van der Waals surface area contributed by atoms with Gasteiger partial charge in [0.25, 0.3) is 11.5 Å². The van der Waals surface area contributed by atoms with Crippen LogP contribution in [0.4, 0.5) is 0 Å². The Balaban J connectivity index is 1.31. The number of amides is 2. The van der Waals surface area contributed by atoms with Gasteiger partial charge in [-0.3, -0.25) is 19.3 Å². The zero-order valence-corrected chi connectivity index (χ0v) is 17.3. The van der Waals surface area contributed by atoms with Crippen molar-refractivity contribution in [3.8, 4) is 0 Å². The summed E-state index contributed by atoms with van der Waals surface area (Å²) in [5.41, 5.74) is 0.100. The van der Waals surface area contributed by atoms with Crippen molar-refractivity contribution in [1.29, 1.82) is 0 Å². The zero-order chi connectivity index (χ0) is 20.4. The van der Waals surface area contributed by atoms with Crippen LogP contribution in [0.5, 0.6) is 0 Å². The van der Waals surface area contributed by atoms with E-state index in [-0.39, 0.29) is 17.4 Å². The van der Waals surface area contributed by atoms with Gasteiger partial charge < -0.3 is 9.80 Å². The van der Waals surface area contributed by atoms with Gasteiger partial charge in [-0.05, 0) is 51.1 Å². The highest BCUT2D eigenvalue weighted by Crippen LogP contribution is 2.26. The molecule has 1 aromatic rings. The normalized spacial score (nSPS) is 24.1. The summed E-state index contributed by atoms with van der Waals surface area (Å²) >= 11 is 0. The van der Waals surface area contributed by atoms with Crippen molar-refractivity contribution >= 4 is 11.8 Å². The van der Waals surface area contributed by atoms with Gasteiger partial charge in [0.15, 0.2) is 0 Å². The van der Waals surface area contributed by atoms with Crippen LogP contribution in [0.25, 0.3) is 0 Å². The third-order valence-electron chi connectivity index (χ3n) is 6.67. The second kappa shape index (κ2) is 8.65. The number of aryl methyl sites for hydroxylation is 1. The van der Waals surface area contributed by atoms with E-state index in [4.69, 9.17) is 0 Å². The van der Waals surface area contributed by atoms with Crippen LogP contribution in [-0.2, 0) is 11.8 Å². The van der Waals surface area contributed by atoms with E-state index in [0.29, 0.717) is 30.7 Å². The molecule has 0 bridgehead atoms. The maximum absolute atomic E-state index is 12.8. The summed E-state index contributed by atoms with van der Waals surface area (Å²) in [7, 11) is 1.56. The van der Waals surface area contributed by atoms with Gasteiger partial charge in [-0.15, -0.1) is 0 Å². The lowest BCUT2D eigenvalue weighted by atomic mass is 9.93. The van der Waals surface area contributed by atoms with E-state index in [9.17, 15) is 14.4 Å². The van der Waals surface area contributed by atoms with E-state index in [0.717, 1.165) is 64.7 Å². The first-order chi connectivity index (χ1) is 14.0. The lowest BCUT2D eigenvalue weighted by Crippen LogP contribution is -2.51. The van der Waals surface area contributed by atoms with Gasteiger partial charge in [0.05, 0.1) is 5.92 Å². The minimum absolute atomic E-state index is 0.111. The van der Waals surface area contributed by atoms with Crippen molar-refractivity contribution in [2.45, 2.75) is 44.6 Å². The average Bonchev–Trinajstić information content (AvgIpc) is 3.30. The SMILES string of the molecule is Cn1nc(C(=O)N2CCC(N3CCC[C@@H](C(=O)N4CCCC4)C3)CC2)ccc1=O. The predicted molar refractivity (Wildman–Crippen MR) is 109 cm³/mol. The average molecular weight is 402 g/mol. The Morgan fingerprint density at radius 1 is 0.931 bits per heavy atom. The van der Waals surface area contributed by atoms with Gasteiger partial charge in [-0.25, -0.2) is 4.68 Å². The smallest absolute Gasteiger partial charge is 0.274 e. The molecule has 1 aromatic heterocycles. The summed E-state index contributed by atoms with van der Waals surface area (Å²) in [6, 6.07) is 3.33. The van der Waals surface area contributed by atoms with Crippen LogP contribution >= 0.6 is 0 Å². The molecule has 4 heterocycles. The maximum Gasteiger partial charge on any atom is 0.274 e. The molecule has 0 aliphatic carbocycles. The fourth-order valence-corrected chi connectivity index (χ4v) is 4.95. The first kappa shape index (κ1) is 20.1. The van der Waals surface area contributed by atoms with Gasteiger partial charge in [-0.1, -0.05) is 0 Å². The Bertz CT molecular complexity index is 809. The molecule has 0 N–H and O–H groups in total. The van der Waals surface area contributed by atoms with E-state index in [1.54, 1.807) is 7.05 Å². The number of hydrogen-bond donors (Lipinski definition) is 0. The highest BCUT2D eigenvalue weighted by molar-refractivity contribution is 5.92. The van der Waals surface area contributed by atoms with E-state index < -0.39 is 0 Å². The molecule has 0 saturated carbocycles. The van der Waals surface area contributed by atoms with Gasteiger partial charge in [-0.2, -0.15) is 5.10 Å². The number of likely N-dealkylation sites (tertiary alicyclic amines) is 3. The molecule has 2 amide bonds. The molecular formula is C21H31N5O3. The van der Waals surface area contributed by atoms with Gasteiger partial charge in [0, 0.05) is 51.9 Å². The number of carbonyl (C=O) groups excluding carboxylic acids is 2. The van der Waals surface area contributed by atoms with E-state index in [1.165, 1.54) is 16.8 Å². The number of carbonyl (C=O) groups is 2. The van der Waals surface area contributed by atoms with Gasteiger partial charge in [0.2, 0.25) is 5.91 Å². The van der Waals surface area contributed by atoms with Crippen molar-refractivity contribution < 1.29 is 9.59 Å². The molecule has 8 heteroatoms. The van der Waals surface area contributed by atoms with Crippen molar-refractivity contribution in [2.24, 2.45) is 13.0 Å². The van der Waals surface area contributed by atoms with Gasteiger partial charge >= 0.3 is 0 Å². The third kappa shape index (κ3) is 4.37. The third-order valence-corrected chi connectivity index (χ3v) is 6.67. The summed E-state index contributed by atoms with van der Waals surface area (Å²) < 4.78 is 1.20. The maximum atomic E-state index is 12.8. The van der Waals surface area contributed by atoms with Crippen molar-refractivity contribution in [2.75, 3.05) is 39.3 Å². The monoisotopic (exact) mass is 401 g/mol. The summed E-state index contributed by atoms with van der Waals surface area (Å²) in [4.78, 5) is 43.4. The van der Waals surface area contributed by atoms with Gasteiger partial charge in [0.1, 0.15) is 5.69 Å². The van der Waals surface area contributed by atoms with Crippen LogP contribution in [0.15, 0.2) is 16.9 Å². The fourth-order valence-electron chi connectivity index (χ4n) is 4.95. The number of aromatic nitrogens is 2. The number of rotatable bonds is 3. The van der Waals surface area contributed by atoms with Crippen LogP contribution in [0.2, 0.25) is 0 Å². The summed E-state index contributed by atoms with van der Waals surface area (Å²) in [6.07, 6.45) is 6.19. The molecule has 0 unspecified atom stereocenters. The van der Waals surface area contributed by atoms with Crippen molar-refractivity contribution in [3.05, 3.63) is 28.2 Å². The quantitative estimate of drug-likeness (QED) is 0.746. The first-order valence-corrected chi connectivity index (χ1v) is 10.9. The van der Waals surface area contributed by atoms with Crippen LogP contribution in [0.3, 0.4) is 0 Å². The number of nitrogens with zero attached hydrogens (tertiary/aromatic N) is 5. The van der Waals surface area contributed by atoms with Crippen molar-refractivity contribution in [1.82, 2.24) is 24.5 Å². The highest BCUT2D eigenvalue weighted by Gasteiger charge is 2.35. The van der Waals surface area contributed by atoms with Crippen LogP contribution in [-0.4, -0.2) is 81.6 Å². The Morgan fingerprint density at radius 2 is 1.66 bits per heavy atom. The number of piperidine rings is 2. The summed E-state index contributed by atoms with van der Waals surface area (Å²) in [5, 5.41) is 4.08. The molecule has 29 heavy (non-hydrogen) atoms. The van der Waals surface area contributed by atoms with Crippen molar-refractivity contribution in [3.63, 3.8) is 0 Å². The number of hydrogen-bond acceptors (Lipinski definition) is 5. The van der Waals surface area contributed by atoms with E-state index in [2.05, 4.69) is 14.9 Å². The second-order valence-electron chi connectivity index (χ2n) is 8.57. The summed E-state index contributed by atoms with van der Waals surface area (Å²) in [5.74, 6) is 0.372.